The van der Waals surface area contributed by atoms with Crippen molar-refractivity contribution in [1.29, 1.82) is 0 Å². The van der Waals surface area contributed by atoms with E-state index in [9.17, 15) is 18.0 Å². The van der Waals surface area contributed by atoms with Crippen molar-refractivity contribution in [2.75, 3.05) is 5.73 Å². The van der Waals surface area contributed by atoms with Crippen LogP contribution in [0.3, 0.4) is 0 Å². The maximum Gasteiger partial charge on any atom is 0.387 e. The van der Waals surface area contributed by atoms with Crippen LogP contribution in [0.4, 0.5) is 18.9 Å². The highest BCUT2D eigenvalue weighted by Crippen LogP contribution is 2.27. The highest BCUT2D eigenvalue weighted by Gasteiger charge is 2.14. The van der Waals surface area contributed by atoms with E-state index in [0.717, 1.165) is 12.1 Å². The summed E-state index contributed by atoms with van der Waals surface area (Å²) in [5.74, 6) is -1.96. The Hall–Kier alpha value is -1.72. The number of nitrogens with two attached hydrogens (primary N) is 1. The Balaban J connectivity index is 3.19. The van der Waals surface area contributed by atoms with Gasteiger partial charge in [-0.15, -0.1) is 0 Å². The first-order valence-electron chi connectivity index (χ1n) is 3.96. The lowest BCUT2D eigenvalue weighted by Gasteiger charge is -2.09. The molecule has 6 heteroatoms. The third kappa shape index (κ3) is 2.61. The van der Waals surface area contributed by atoms with Gasteiger partial charge in [0.05, 0.1) is 0 Å². The molecule has 3 nitrogen and oxygen atoms in total. The third-order valence-electron chi connectivity index (χ3n) is 1.71. The van der Waals surface area contributed by atoms with Crippen molar-refractivity contribution >= 4 is 11.5 Å². The van der Waals surface area contributed by atoms with Gasteiger partial charge >= 0.3 is 6.61 Å². The number of carbonyl (C=O) groups excluding carboxylic acids is 1. The van der Waals surface area contributed by atoms with Crippen LogP contribution in [0.25, 0.3) is 0 Å². The van der Waals surface area contributed by atoms with Crippen LogP contribution in [-0.4, -0.2) is 12.4 Å². The number of ketones is 1. The normalized spacial score (nSPS) is 10.5. The lowest BCUT2D eigenvalue weighted by molar-refractivity contribution is -0.0494. The SMILES string of the molecule is CC(=O)c1cc(F)c(N)c(OC(F)F)c1. The molecule has 0 aliphatic carbocycles. The zero-order valence-corrected chi connectivity index (χ0v) is 7.76. The lowest BCUT2D eigenvalue weighted by Crippen LogP contribution is -2.07. The van der Waals surface area contributed by atoms with Gasteiger partial charge in [0, 0.05) is 5.56 Å². The van der Waals surface area contributed by atoms with Gasteiger partial charge in [-0.3, -0.25) is 4.79 Å². The van der Waals surface area contributed by atoms with Gasteiger partial charge in [-0.05, 0) is 19.1 Å². The van der Waals surface area contributed by atoms with Gasteiger partial charge in [0.1, 0.15) is 5.69 Å². The zero-order chi connectivity index (χ0) is 11.6. The van der Waals surface area contributed by atoms with Gasteiger partial charge in [-0.1, -0.05) is 0 Å². The molecule has 0 aliphatic rings. The second kappa shape index (κ2) is 4.20. The summed E-state index contributed by atoms with van der Waals surface area (Å²) in [7, 11) is 0. The smallest absolute Gasteiger partial charge is 0.387 e. The molecule has 0 aliphatic heterocycles. The molecule has 0 atom stereocenters. The van der Waals surface area contributed by atoms with Crippen molar-refractivity contribution in [1.82, 2.24) is 0 Å². The predicted molar refractivity (Wildman–Crippen MR) is 47.4 cm³/mol. The first-order chi connectivity index (χ1) is 6.91. The van der Waals surface area contributed by atoms with Crippen LogP contribution in [-0.2, 0) is 0 Å². The molecule has 0 unspecified atom stereocenters. The Bertz CT molecular complexity index is 393. The Morgan fingerprint density at radius 2 is 2.07 bits per heavy atom. The number of carbonyl (C=O) groups is 1. The first kappa shape index (κ1) is 11.4. The lowest BCUT2D eigenvalue weighted by atomic mass is 10.1. The van der Waals surface area contributed by atoms with E-state index in [1.54, 1.807) is 0 Å². The van der Waals surface area contributed by atoms with Crippen LogP contribution < -0.4 is 10.5 Å². The molecule has 1 aromatic carbocycles. The third-order valence-corrected chi connectivity index (χ3v) is 1.71. The van der Waals surface area contributed by atoms with E-state index in [0.29, 0.717) is 0 Å². The number of alkyl halides is 2. The molecule has 0 saturated heterocycles. The molecular formula is C9H8F3NO2. The minimum atomic E-state index is -3.12. The van der Waals surface area contributed by atoms with E-state index in [2.05, 4.69) is 4.74 Å². The van der Waals surface area contributed by atoms with E-state index in [4.69, 9.17) is 5.73 Å². The van der Waals surface area contributed by atoms with E-state index < -0.39 is 29.6 Å². The molecule has 0 spiro atoms. The molecule has 0 saturated carbocycles. The van der Waals surface area contributed by atoms with E-state index in [1.165, 1.54) is 6.92 Å². The molecule has 82 valence electrons. The van der Waals surface area contributed by atoms with Gasteiger partial charge in [0.25, 0.3) is 0 Å². The van der Waals surface area contributed by atoms with Crippen molar-refractivity contribution < 1.29 is 22.7 Å². The Morgan fingerprint density at radius 1 is 1.47 bits per heavy atom. The summed E-state index contributed by atoms with van der Waals surface area (Å²) >= 11 is 0. The zero-order valence-electron chi connectivity index (χ0n) is 7.76. The summed E-state index contributed by atoms with van der Waals surface area (Å²) in [4.78, 5) is 10.9. The molecule has 0 aromatic heterocycles. The molecule has 2 N–H and O–H groups in total. The highest BCUT2D eigenvalue weighted by molar-refractivity contribution is 5.95. The fourth-order valence-corrected chi connectivity index (χ4v) is 0.989. The summed E-state index contributed by atoms with van der Waals surface area (Å²) < 4.78 is 40.8. The van der Waals surface area contributed by atoms with Crippen LogP contribution in [0.2, 0.25) is 0 Å². The van der Waals surface area contributed by atoms with Gasteiger partial charge in [0.2, 0.25) is 0 Å². The fraction of sp³-hybridized carbons (Fsp3) is 0.222. The van der Waals surface area contributed by atoms with Crippen molar-refractivity contribution in [3.8, 4) is 5.75 Å². The van der Waals surface area contributed by atoms with Crippen molar-refractivity contribution in [2.45, 2.75) is 13.5 Å². The van der Waals surface area contributed by atoms with Crippen LogP contribution in [0.1, 0.15) is 17.3 Å². The van der Waals surface area contributed by atoms with Gasteiger partial charge < -0.3 is 10.5 Å². The molecule has 1 aromatic rings. The summed E-state index contributed by atoms with van der Waals surface area (Å²) in [6, 6.07) is 1.85. The van der Waals surface area contributed by atoms with Gasteiger partial charge in [0.15, 0.2) is 17.3 Å². The number of halogens is 3. The van der Waals surface area contributed by atoms with Crippen LogP contribution in [0.5, 0.6) is 5.75 Å². The fourth-order valence-electron chi connectivity index (χ4n) is 0.989. The predicted octanol–water partition coefficient (Wildman–Crippen LogP) is 2.21. The Morgan fingerprint density at radius 3 is 2.53 bits per heavy atom. The van der Waals surface area contributed by atoms with E-state index >= 15 is 0 Å². The maximum atomic E-state index is 13.0. The molecule has 1 rings (SSSR count). The summed E-state index contributed by atoms with van der Waals surface area (Å²) in [6.07, 6.45) is 0. The molecule has 15 heavy (non-hydrogen) atoms. The minimum absolute atomic E-state index is 0.0719. The monoisotopic (exact) mass is 219 g/mol. The molecule has 0 fully saturated rings. The molecular weight excluding hydrogens is 211 g/mol. The number of Topliss-reactive ketones (excluding diaryl/α,β-unsaturated/α-hetero) is 1. The van der Waals surface area contributed by atoms with Gasteiger partial charge in [-0.2, -0.15) is 8.78 Å². The van der Waals surface area contributed by atoms with Crippen LogP contribution >= 0.6 is 0 Å². The minimum Gasteiger partial charge on any atom is -0.432 e. The topological polar surface area (TPSA) is 52.3 Å². The van der Waals surface area contributed by atoms with Crippen molar-refractivity contribution in [3.63, 3.8) is 0 Å². The van der Waals surface area contributed by atoms with E-state index in [-0.39, 0.29) is 5.56 Å². The average Bonchev–Trinajstić information content (AvgIpc) is 2.11. The van der Waals surface area contributed by atoms with Crippen molar-refractivity contribution in [2.24, 2.45) is 0 Å². The van der Waals surface area contributed by atoms with Crippen LogP contribution in [0, 0.1) is 5.82 Å². The number of hydrogen-bond donors (Lipinski definition) is 1. The average molecular weight is 219 g/mol. The number of rotatable bonds is 3. The number of ether oxygens (including phenoxy) is 1. The maximum absolute atomic E-state index is 13.0. The quantitative estimate of drug-likeness (QED) is 0.626. The van der Waals surface area contributed by atoms with Crippen LogP contribution in [0.15, 0.2) is 12.1 Å². The molecule has 0 radical (unpaired) electrons. The second-order valence-corrected chi connectivity index (χ2v) is 2.80. The number of benzene rings is 1. The van der Waals surface area contributed by atoms with E-state index in [1.807, 2.05) is 0 Å². The standard InChI is InChI=1S/C9H8F3NO2/c1-4(14)5-2-6(10)8(13)7(3-5)15-9(11)12/h2-3,9H,13H2,1H3. The number of nitrogen functional groups attached to an aromatic ring is 1. The summed E-state index contributed by atoms with van der Waals surface area (Å²) in [5, 5.41) is 0. The molecule has 0 bridgehead atoms. The van der Waals surface area contributed by atoms with Gasteiger partial charge in [-0.25, -0.2) is 4.39 Å². The van der Waals surface area contributed by atoms with Crippen molar-refractivity contribution in [3.05, 3.63) is 23.5 Å². The Kier molecular flexibility index (Phi) is 3.18. The highest BCUT2D eigenvalue weighted by atomic mass is 19.3. The number of hydrogen-bond acceptors (Lipinski definition) is 3. The summed E-state index contributed by atoms with van der Waals surface area (Å²) in [6.45, 7) is -1.94. The largest absolute Gasteiger partial charge is 0.432 e. The Labute approximate surface area is 83.6 Å². The summed E-state index contributed by atoms with van der Waals surface area (Å²) in [5.41, 5.74) is 4.54. The second-order valence-electron chi connectivity index (χ2n) is 2.80. The molecule has 0 heterocycles. The first-order valence-corrected chi connectivity index (χ1v) is 3.96. The molecule has 0 amide bonds. The number of anilines is 1.